The molecule has 1 heterocycles. The Morgan fingerprint density at radius 2 is 1.72 bits per heavy atom. The first-order valence-corrected chi connectivity index (χ1v) is 8.76. The number of hydrogen-bond acceptors (Lipinski definition) is 3. The summed E-state index contributed by atoms with van der Waals surface area (Å²) in [6.07, 6.45) is 0. The molecule has 5 heteroatoms. The number of benzene rings is 2. The van der Waals surface area contributed by atoms with Crippen LogP contribution in [0.4, 0.5) is 10.1 Å². The SMILES string of the molecule is CCNC(=O)c1ccc(CN2CCN(c3ccccc3F)CC2)cc1. The number of para-hydroxylation sites is 1. The first-order chi connectivity index (χ1) is 12.2. The summed E-state index contributed by atoms with van der Waals surface area (Å²) >= 11 is 0. The van der Waals surface area contributed by atoms with Crippen LogP contribution in [0.3, 0.4) is 0 Å². The molecule has 0 bridgehead atoms. The van der Waals surface area contributed by atoms with Crippen LogP contribution in [-0.2, 0) is 6.54 Å². The normalized spacial score (nSPS) is 15.2. The van der Waals surface area contributed by atoms with Crippen LogP contribution >= 0.6 is 0 Å². The third kappa shape index (κ3) is 4.37. The number of rotatable bonds is 5. The van der Waals surface area contributed by atoms with E-state index in [2.05, 4.69) is 15.1 Å². The van der Waals surface area contributed by atoms with Crippen molar-refractivity contribution >= 4 is 11.6 Å². The maximum atomic E-state index is 13.9. The Morgan fingerprint density at radius 1 is 1.04 bits per heavy atom. The molecular weight excluding hydrogens is 317 g/mol. The van der Waals surface area contributed by atoms with E-state index in [9.17, 15) is 9.18 Å². The highest BCUT2D eigenvalue weighted by molar-refractivity contribution is 5.94. The molecule has 0 saturated carbocycles. The smallest absolute Gasteiger partial charge is 0.251 e. The molecule has 0 radical (unpaired) electrons. The zero-order valence-corrected chi connectivity index (χ0v) is 14.5. The summed E-state index contributed by atoms with van der Waals surface area (Å²) in [4.78, 5) is 16.2. The van der Waals surface area contributed by atoms with Gasteiger partial charge in [-0.2, -0.15) is 0 Å². The molecule has 0 unspecified atom stereocenters. The van der Waals surface area contributed by atoms with Crippen molar-refractivity contribution in [3.05, 3.63) is 65.5 Å². The van der Waals surface area contributed by atoms with E-state index in [1.54, 1.807) is 6.07 Å². The maximum absolute atomic E-state index is 13.9. The molecule has 3 rings (SSSR count). The quantitative estimate of drug-likeness (QED) is 0.908. The van der Waals surface area contributed by atoms with Crippen LogP contribution in [0.5, 0.6) is 0 Å². The molecule has 132 valence electrons. The average molecular weight is 341 g/mol. The van der Waals surface area contributed by atoms with Gasteiger partial charge in [0.1, 0.15) is 5.82 Å². The molecular formula is C20H24FN3O. The van der Waals surface area contributed by atoms with E-state index in [1.165, 1.54) is 11.6 Å². The van der Waals surface area contributed by atoms with Crippen molar-refractivity contribution in [2.45, 2.75) is 13.5 Å². The van der Waals surface area contributed by atoms with Crippen LogP contribution in [0.2, 0.25) is 0 Å². The molecule has 0 aromatic heterocycles. The van der Waals surface area contributed by atoms with Gasteiger partial charge in [-0.3, -0.25) is 9.69 Å². The number of anilines is 1. The van der Waals surface area contributed by atoms with Crippen LogP contribution < -0.4 is 10.2 Å². The molecule has 1 aliphatic heterocycles. The number of nitrogens with one attached hydrogen (secondary N) is 1. The lowest BCUT2D eigenvalue weighted by Crippen LogP contribution is -2.46. The van der Waals surface area contributed by atoms with E-state index < -0.39 is 0 Å². The van der Waals surface area contributed by atoms with Gasteiger partial charge < -0.3 is 10.2 Å². The van der Waals surface area contributed by atoms with E-state index >= 15 is 0 Å². The van der Waals surface area contributed by atoms with Crippen molar-refractivity contribution in [2.75, 3.05) is 37.6 Å². The van der Waals surface area contributed by atoms with E-state index in [4.69, 9.17) is 0 Å². The maximum Gasteiger partial charge on any atom is 0.251 e. The molecule has 0 atom stereocenters. The zero-order chi connectivity index (χ0) is 17.6. The Bertz CT molecular complexity index is 709. The summed E-state index contributed by atoms with van der Waals surface area (Å²) in [5.41, 5.74) is 2.57. The van der Waals surface area contributed by atoms with Crippen LogP contribution in [0.1, 0.15) is 22.8 Å². The number of piperazine rings is 1. The molecule has 0 aliphatic carbocycles. The van der Waals surface area contributed by atoms with Gasteiger partial charge in [-0.1, -0.05) is 24.3 Å². The van der Waals surface area contributed by atoms with Crippen molar-refractivity contribution in [1.82, 2.24) is 10.2 Å². The van der Waals surface area contributed by atoms with Gasteiger partial charge >= 0.3 is 0 Å². The van der Waals surface area contributed by atoms with E-state index in [0.29, 0.717) is 17.8 Å². The molecule has 1 amide bonds. The lowest BCUT2D eigenvalue weighted by Gasteiger charge is -2.36. The molecule has 1 aliphatic rings. The first-order valence-electron chi connectivity index (χ1n) is 8.76. The highest BCUT2D eigenvalue weighted by Crippen LogP contribution is 2.20. The predicted octanol–water partition coefficient (Wildman–Crippen LogP) is 2.90. The molecule has 2 aromatic rings. The summed E-state index contributed by atoms with van der Waals surface area (Å²) in [7, 11) is 0. The second-order valence-corrected chi connectivity index (χ2v) is 6.27. The second-order valence-electron chi connectivity index (χ2n) is 6.27. The average Bonchev–Trinajstić information content (AvgIpc) is 2.64. The standard InChI is InChI=1S/C20H24FN3O/c1-2-22-20(25)17-9-7-16(8-10-17)15-23-11-13-24(14-12-23)19-6-4-3-5-18(19)21/h3-10H,2,11-15H2,1H3,(H,22,25). The van der Waals surface area contributed by atoms with E-state index in [-0.39, 0.29) is 11.7 Å². The fourth-order valence-electron chi connectivity index (χ4n) is 3.14. The summed E-state index contributed by atoms with van der Waals surface area (Å²) in [5.74, 6) is -0.190. The minimum absolute atomic E-state index is 0.0347. The van der Waals surface area contributed by atoms with E-state index in [1.807, 2.05) is 43.3 Å². The van der Waals surface area contributed by atoms with Crippen LogP contribution in [0, 0.1) is 5.82 Å². The third-order valence-corrected chi connectivity index (χ3v) is 4.53. The zero-order valence-electron chi connectivity index (χ0n) is 14.5. The number of nitrogens with zero attached hydrogens (tertiary/aromatic N) is 2. The minimum atomic E-state index is -0.156. The van der Waals surface area contributed by atoms with Gasteiger partial charge in [-0.15, -0.1) is 0 Å². The topological polar surface area (TPSA) is 35.6 Å². The van der Waals surface area contributed by atoms with Crippen molar-refractivity contribution in [2.24, 2.45) is 0 Å². The van der Waals surface area contributed by atoms with Crippen LogP contribution in [0.15, 0.2) is 48.5 Å². The number of halogens is 1. The highest BCUT2D eigenvalue weighted by Gasteiger charge is 2.19. The number of hydrogen-bond donors (Lipinski definition) is 1. The largest absolute Gasteiger partial charge is 0.367 e. The predicted molar refractivity (Wildman–Crippen MR) is 98.3 cm³/mol. The Labute approximate surface area is 148 Å². The summed E-state index contributed by atoms with van der Waals surface area (Å²) in [6, 6.07) is 14.7. The minimum Gasteiger partial charge on any atom is -0.367 e. The monoisotopic (exact) mass is 341 g/mol. The first kappa shape index (κ1) is 17.4. The fourth-order valence-corrected chi connectivity index (χ4v) is 3.14. The fraction of sp³-hybridized carbons (Fsp3) is 0.350. The van der Waals surface area contributed by atoms with Crippen molar-refractivity contribution in [3.8, 4) is 0 Å². The van der Waals surface area contributed by atoms with Gasteiger partial charge in [0.25, 0.3) is 5.91 Å². The molecule has 2 aromatic carbocycles. The number of carbonyl (C=O) groups excluding carboxylic acids is 1. The Hall–Kier alpha value is -2.40. The molecule has 1 fully saturated rings. The van der Waals surface area contributed by atoms with Crippen molar-refractivity contribution < 1.29 is 9.18 Å². The molecule has 0 spiro atoms. The van der Waals surface area contributed by atoms with Gasteiger partial charge in [0, 0.05) is 44.8 Å². The lowest BCUT2D eigenvalue weighted by molar-refractivity contribution is 0.0956. The lowest BCUT2D eigenvalue weighted by atomic mass is 10.1. The summed E-state index contributed by atoms with van der Waals surface area (Å²) in [6.45, 7) is 6.82. The molecule has 4 nitrogen and oxygen atoms in total. The molecule has 25 heavy (non-hydrogen) atoms. The Morgan fingerprint density at radius 3 is 2.36 bits per heavy atom. The van der Waals surface area contributed by atoms with Crippen molar-refractivity contribution in [1.29, 1.82) is 0 Å². The number of carbonyl (C=O) groups is 1. The Kier molecular flexibility index (Phi) is 5.66. The van der Waals surface area contributed by atoms with Crippen LogP contribution in [-0.4, -0.2) is 43.5 Å². The Balaban J connectivity index is 1.54. The van der Waals surface area contributed by atoms with Gasteiger partial charge in [-0.25, -0.2) is 4.39 Å². The summed E-state index contributed by atoms with van der Waals surface area (Å²) < 4.78 is 13.9. The third-order valence-electron chi connectivity index (χ3n) is 4.53. The van der Waals surface area contributed by atoms with Crippen LogP contribution in [0.25, 0.3) is 0 Å². The van der Waals surface area contributed by atoms with Gasteiger partial charge in [0.2, 0.25) is 0 Å². The molecule has 1 saturated heterocycles. The second kappa shape index (κ2) is 8.12. The highest BCUT2D eigenvalue weighted by atomic mass is 19.1. The number of amides is 1. The summed E-state index contributed by atoms with van der Waals surface area (Å²) in [5, 5.41) is 2.80. The van der Waals surface area contributed by atoms with Gasteiger partial charge in [0.15, 0.2) is 0 Å². The van der Waals surface area contributed by atoms with Gasteiger partial charge in [-0.05, 0) is 36.8 Å². The van der Waals surface area contributed by atoms with E-state index in [0.717, 1.165) is 32.7 Å². The molecule has 1 N–H and O–H groups in total. The van der Waals surface area contributed by atoms with Crippen molar-refractivity contribution in [3.63, 3.8) is 0 Å². The van der Waals surface area contributed by atoms with Gasteiger partial charge in [0.05, 0.1) is 5.69 Å².